The largest absolute Gasteiger partial charge is 0.573 e. The zero-order chi connectivity index (χ0) is 14.8. The topological polar surface area (TPSA) is 21.3 Å². The average molecular weight is 301 g/mol. The third-order valence-electron chi connectivity index (χ3n) is 2.90. The van der Waals surface area contributed by atoms with Crippen molar-refractivity contribution in [3.8, 4) is 5.75 Å². The lowest BCUT2D eigenvalue weighted by Gasteiger charge is -2.17. The lowest BCUT2D eigenvalue weighted by atomic mass is 10.0. The Morgan fingerprint density at radius 1 is 1.15 bits per heavy atom. The van der Waals surface area contributed by atoms with Crippen molar-refractivity contribution in [2.75, 3.05) is 7.05 Å². The summed E-state index contributed by atoms with van der Waals surface area (Å²) in [6.45, 7) is 2.01. The SMILES string of the molecule is CNC(c1ccc(OC(F)(F)F)cc1)c1sccc1C. The van der Waals surface area contributed by atoms with Gasteiger partial charge in [-0.3, -0.25) is 0 Å². The van der Waals surface area contributed by atoms with Crippen LogP contribution in [0.25, 0.3) is 0 Å². The summed E-state index contributed by atoms with van der Waals surface area (Å²) >= 11 is 1.62. The highest BCUT2D eigenvalue weighted by Gasteiger charge is 2.31. The lowest BCUT2D eigenvalue weighted by Crippen LogP contribution is -2.18. The van der Waals surface area contributed by atoms with Crippen molar-refractivity contribution in [3.63, 3.8) is 0 Å². The van der Waals surface area contributed by atoms with Crippen LogP contribution in [0.2, 0.25) is 0 Å². The minimum atomic E-state index is -4.66. The highest BCUT2D eigenvalue weighted by molar-refractivity contribution is 7.10. The second-order valence-corrected chi connectivity index (χ2v) is 5.25. The van der Waals surface area contributed by atoms with E-state index in [0.717, 1.165) is 16.0 Å². The molecule has 2 rings (SSSR count). The van der Waals surface area contributed by atoms with Gasteiger partial charge in [-0.25, -0.2) is 0 Å². The van der Waals surface area contributed by atoms with Crippen LogP contribution < -0.4 is 10.1 Å². The summed E-state index contributed by atoms with van der Waals surface area (Å²) in [6, 6.07) is 7.93. The molecule has 0 aliphatic carbocycles. The fourth-order valence-electron chi connectivity index (χ4n) is 1.99. The molecule has 1 aromatic heterocycles. The molecule has 108 valence electrons. The van der Waals surface area contributed by atoms with Crippen LogP contribution >= 0.6 is 11.3 Å². The molecule has 20 heavy (non-hydrogen) atoms. The van der Waals surface area contributed by atoms with Crippen LogP contribution in [0.5, 0.6) is 5.75 Å². The predicted molar refractivity (Wildman–Crippen MR) is 73.1 cm³/mol. The molecule has 2 nitrogen and oxygen atoms in total. The number of nitrogens with one attached hydrogen (secondary N) is 1. The van der Waals surface area contributed by atoms with Gasteiger partial charge >= 0.3 is 6.36 Å². The van der Waals surface area contributed by atoms with Gasteiger partial charge in [-0.15, -0.1) is 24.5 Å². The molecule has 1 atom stereocenters. The van der Waals surface area contributed by atoms with Crippen LogP contribution in [-0.4, -0.2) is 13.4 Å². The number of halogens is 3. The summed E-state index contributed by atoms with van der Waals surface area (Å²) in [7, 11) is 1.82. The summed E-state index contributed by atoms with van der Waals surface area (Å²) in [5.41, 5.74) is 2.05. The van der Waals surface area contributed by atoms with Crippen molar-refractivity contribution >= 4 is 11.3 Å². The van der Waals surface area contributed by atoms with Crippen LogP contribution in [0.1, 0.15) is 22.0 Å². The minimum Gasteiger partial charge on any atom is -0.406 e. The Bertz CT molecular complexity index is 563. The summed E-state index contributed by atoms with van der Waals surface area (Å²) in [6.07, 6.45) is -4.66. The molecule has 0 radical (unpaired) electrons. The van der Waals surface area contributed by atoms with E-state index in [2.05, 4.69) is 10.1 Å². The molecule has 1 N–H and O–H groups in total. The average Bonchev–Trinajstić information content (AvgIpc) is 2.77. The standard InChI is InChI=1S/C14H14F3NOS/c1-9-7-8-20-13(9)12(18-2)10-3-5-11(6-4-10)19-14(15,16)17/h3-8,12,18H,1-2H3. The van der Waals surface area contributed by atoms with Gasteiger partial charge in [-0.05, 0) is 48.7 Å². The van der Waals surface area contributed by atoms with Gasteiger partial charge < -0.3 is 10.1 Å². The monoisotopic (exact) mass is 301 g/mol. The number of thiophene rings is 1. The number of hydrogen-bond donors (Lipinski definition) is 1. The molecule has 1 unspecified atom stereocenters. The van der Waals surface area contributed by atoms with E-state index in [9.17, 15) is 13.2 Å². The molecule has 0 amide bonds. The molecule has 0 aliphatic rings. The van der Waals surface area contributed by atoms with Gasteiger partial charge in [0, 0.05) is 4.88 Å². The first-order chi connectivity index (χ1) is 9.40. The van der Waals surface area contributed by atoms with Crippen LogP contribution in [0.3, 0.4) is 0 Å². The van der Waals surface area contributed by atoms with Crippen molar-refractivity contribution < 1.29 is 17.9 Å². The molecular formula is C14H14F3NOS. The number of benzene rings is 1. The zero-order valence-electron chi connectivity index (χ0n) is 11.0. The normalized spacial score (nSPS) is 13.2. The molecule has 0 saturated carbocycles. The number of aryl methyl sites for hydroxylation is 1. The van der Waals surface area contributed by atoms with E-state index >= 15 is 0 Å². The minimum absolute atomic E-state index is 0.0325. The highest BCUT2D eigenvalue weighted by Crippen LogP contribution is 2.31. The second kappa shape index (κ2) is 5.85. The molecule has 2 aromatic rings. The smallest absolute Gasteiger partial charge is 0.406 e. The van der Waals surface area contributed by atoms with E-state index in [1.165, 1.54) is 12.1 Å². The summed E-state index contributed by atoms with van der Waals surface area (Å²) in [5, 5.41) is 5.17. The van der Waals surface area contributed by atoms with Gasteiger partial charge in [0.1, 0.15) is 5.75 Å². The Kier molecular flexibility index (Phi) is 4.35. The van der Waals surface area contributed by atoms with Gasteiger partial charge in [0.2, 0.25) is 0 Å². The number of alkyl halides is 3. The van der Waals surface area contributed by atoms with Crippen LogP contribution in [0.15, 0.2) is 35.7 Å². The number of hydrogen-bond acceptors (Lipinski definition) is 3. The fraction of sp³-hybridized carbons (Fsp3) is 0.286. The maximum Gasteiger partial charge on any atom is 0.573 e. The maximum atomic E-state index is 12.1. The van der Waals surface area contributed by atoms with E-state index in [0.29, 0.717) is 0 Å². The van der Waals surface area contributed by atoms with Crippen molar-refractivity contribution in [2.24, 2.45) is 0 Å². The Labute approximate surface area is 119 Å². The third kappa shape index (κ3) is 3.52. The lowest BCUT2D eigenvalue weighted by molar-refractivity contribution is -0.274. The zero-order valence-corrected chi connectivity index (χ0v) is 11.8. The number of rotatable bonds is 4. The molecule has 0 bridgehead atoms. The highest BCUT2D eigenvalue weighted by atomic mass is 32.1. The summed E-state index contributed by atoms with van der Waals surface area (Å²) < 4.78 is 40.2. The van der Waals surface area contributed by atoms with Crippen LogP contribution in [0.4, 0.5) is 13.2 Å². The number of ether oxygens (including phenoxy) is 1. The molecule has 0 fully saturated rings. The Balaban J connectivity index is 2.22. The Morgan fingerprint density at radius 2 is 1.80 bits per heavy atom. The van der Waals surface area contributed by atoms with E-state index in [1.54, 1.807) is 23.5 Å². The van der Waals surface area contributed by atoms with E-state index in [1.807, 2.05) is 25.4 Å². The third-order valence-corrected chi connectivity index (χ3v) is 3.98. The molecule has 0 spiro atoms. The molecule has 1 heterocycles. The van der Waals surface area contributed by atoms with Crippen molar-refractivity contribution in [1.29, 1.82) is 0 Å². The Morgan fingerprint density at radius 3 is 2.25 bits per heavy atom. The van der Waals surface area contributed by atoms with Crippen molar-refractivity contribution in [2.45, 2.75) is 19.3 Å². The van der Waals surface area contributed by atoms with Crippen LogP contribution in [0, 0.1) is 6.92 Å². The van der Waals surface area contributed by atoms with E-state index in [4.69, 9.17) is 0 Å². The molecule has 0 aliphatic heterocycles. The van der Waals surface area contributed by atoms with Gasteiger partial charge in [0.05, 0.1) is 6.04 Å². The molecule has 1 aromatic carbocycles. The first-order valence-corrected chi connectivity index (χ1v) is 6.85. The summed E-state index contributed by atoms with van der Waals surface area (Å²) in [4.78, 5) is 1.15. The van der Waals surface area contributed by atoms with E-state index in [-0.39, 0.29) is 11.8 Å². The fourth-order valence-corrected chi connectivity index (χ4v) is 3.05. The van der Waals surface area contributed by atoms with Gasteiger partial charge in [-0.2, -0.15) is 0 Å². The second-order valence-electron chi connectivity index (χ2n) is 4.31. The van der Waals surface area contributed by atoms with Crippen molar-refractivity contribution in [3.05, 3.63) is 51.7 Å². The summed E-state index contributed by atoms with van der Waals surface area (Å²) in [5.74, 6) is -0.209. The van der Waals surface area contributed by atoms with Crippen LogP contribution in [-0.2, 0) is 0 Å². The first kappa shape index (κ1) is 14.9. The van der Waals surface area contributed by atoms with Gasteiger partial charge in [0.25, 0.3) is 0 Å². The van der Waals surface area contributed by atoms with E-state index < -0.39 is 6.36 Å². The predicted octanol–water partition coefficient (Wildman–Crippen LogP) is 4.26. The molecular weight excluding hydrogens is 287 g/mol. The molecule has 0 saturated heterocycles. The quantitative estimate of drug-likeness (QED) is 0.911. The van der Waals surface area contributed by atoms with Gasteiger partial charge in [-0.1, -0.05) is 12.1 Å². The molecule has 6 heteroatoms. The Hall–Kier alpha value is -1.53. The van der Waals surface area contributed by atoms with Gasteiger partial charge in [0.15, 0.2) is 0 Å². The maximum absolute atomic E-state index is 12.1. The first-order valence-electron chi connectivity index (χ1n) is 5.97. The van der Waals surface area contributed by atoms with Crippen molar-refractivity contribution in [1.82, 2.24) is 5.32 Å².